The van der Waals surface area contributed by atoms with E-state index in [4.69, 9.17) is 4.74 Å². The van der Waals surface area contributed by atoms with E-state index >= 15 is 0 Å². The summed E-state index contributed by atoms with van der Waals surface area (Å²) in [6, 6.07) is 2.03. The molecule has 2 heteroatoms. The number of phenols is 1. The summed E-state index contributed by atoms with van der Waals surface area (Å²) >= 11 is 0. The van der Waals surface area contributed by atoms with Crippen molar-refractivity contribution in [2.24, 2.45) is 17.8 Å². The Hall–Kier alpha value is -1.18. The first-order valence-electron chi connectivity index (χ1n) is 12.6. The third kappa shape index (κ3) is 7.50. The number of phenolic OH excluding ortho intramolecular Hbond substituents is 1. The topological polar surface area (TPSA) is 29.5 Å². The van der Waals surface area contributed by atoms with Crippen molar-refractivity contribution in [2.75, 3.05) is 0 Å². The van der Waals surface area contributed by atoms with Crippen molar-refractivity contribution in [1.29, 1.82) is 0 Å². The zero-order valence-electron chi connectivity index (χ0n) is 20.9. The maximum Gasteiger partial charge on any atom is 0.124 e. The number of fused-ring (bicyclic) bond motifs is 1. The Kier molecular flexibility index (Phi) is 9.57. The Balaban J connectivity index is 1.68. The maximum absolute atomic E-state index is 10.2. The van der Waals surface area contributed by atoms with E-state index < -0.39 is 0 Å². The monoisotopic (exact) mass is 416 g/mol. The van der Waals surface area contributed by atoms with Crippen molar-refractivity contribution >= 4 is 0 Å². The molecule has 3 atom stereocenters. The van der Waals surface area contributed by atoms with Gasteiger partial charge in [-0.3, -0.25) is 0 Å². The van der Waals surface area contributed by atoms with Crippen molar-refractivity contribution in [3.8, 4) is 11.5 Å². The van der Waals surface area contributed by atoms with E-state index in [0.29, 0.717) is 5.75 Å². The van der Waals surface area contributed by atoms with Gasteiger partial charge in [0.25, 0.3) is 0 Å². The minimum atomic E-state index is -0.0620. The number of hydrogen-bond acceptors (Lipinski definition) is 2. The number of aromatic hydroxyl groups is 1. The van der Waals surface area contributed by atoms with Crippen LogP contribution in [0.3, 0.4) is 0 Å². The van der Waals surface area contributed by atoms with Crippen LogP contribution in [-0.4, -0.2) is 10.7 Å². The lowest BCUT2D eigenvalue weighted by Crippen LogP contribution is -2.36. The first-order chi connectivity index (χ1) is 14.1. The molecule has 1 aromatic carbocycles. The highest BCUT2D eigenvalue weighted by Gasteiger charge is 2.32. The molecule has 0 saturated heterocycles. The quantitative estimate of drug-likeness (QED) is 0.370. The number of rotatable bonds is 12. The van der Waals surface area contributed by atoms with Gasteiger partial charge in [0, 0.05) is 5.56 Å². The fourth-order valence-corrected chi connectivity index (χ4v) is 5.06. The Bertz CT molecular complexity index is 663. The predicted molar refractivity (Wildman–Crippen MR) is 130 cm³/mol. The van der Waals surface area contributed by atoms with Crippen molar-refractivity contribution in [2.45, 2.75) is 125 Å². The summed E-state index contributed by atoms with van der Waals surface area (Å²) in [6.07, 6.45) is 14.1. The van der Waals surface area contributed by atoms with Crippen LogP contribution >= 0.6 is 0 Å². The van der Waals surface area contributed by atoms with Crippen LogP contribution in [-0.2, 0) is 6.42 Å². The fourth-order valence-electron chi connectivity index (χ4n) is 5.06. The number of aryl methyl sites for hydroxylation is 1. The molecule has 0 amide bonds. The smallest absolute Gasteiger partial charge is 0.124 e. The van der Waals surface area contributed by atoms with E-state index in [1.165, 1.54) is 56.9 Å². The molecule has 1 aliphatic heterocycles. The van der Waals surface area contributed by atoms with Gasteiger partial charge in [0.1, 0.15) is 17.1 Å². The van der Waals surface area contributed by atoms with Gasteiger partial charge in [-0.25, -0.2) is 0 Å². The molecule has 1 N–H and O–H groups in total. The van der Waals surface area contributed by atoms with E-state index in [1.54, 1.807) is 0 Å². The molecule has 0 bridgehead atoms. The van der Waals surface area contributed by atoms with Crippen molar-refractivity contribution in [3.63, 3.8) is 0 Å². The Morgan fingerprint density at radius 3 is 2.10 bits per heavy atom. The van der Waals surface area contributed by atoms with Crippen LogP contribution in [0, 0.1) is 31.6 Å². The Labute approximate surface area is 186 Å². The normalized spacial score (nSPS) is 20.7. The van der Waals surface area contributed by atoms with Crippen LogP contribution in [0.2, 0.25) is 0 Å². The Morgan fingerprint density at radius 2 is 1.50 bits per heavy atom. The van der Waals surface area contributed by atoms with Crippen LogP contribution in [0.25, 0.3) is 0 Å². The van der Waals surface area contributed by atoms with Gasteiger partial charge in [-0.2, -0.15) is 0 Å². The average Bonchev–Trinajstić information content (AvgIpc) is 2.65. The van der Waals surface area contributed by atoms with Crippen molar-refractivity contribution in [1.82, 2.24) is 0 Å². The number of benzene rings is 1. The molecule has 0 saturated carbocycles. The molecule has 2 nitrogen and oxygen atoms in total. The summed E-state index contributed by atoms with van der Waals surface area (Å²) in [5, 5.41) is 10.2. The molecular weight excluding hydrogens is 368 g/mol. The highest BCUT2D eigenvalue weighted by atomic mass is 16.5. The molecule has 172 valence electrons. The van der Waals surface area contributed by atoms with Crippen LogP contribution in [0.4, 0.5) is 0 Å². The molecule has 1 aliphatic rings. The maximum atomic E-state index is 10.2. The first-order valence-corrected chi connectivity index (χ1v) is 12.6. The molecule has 2 rings (SSSR count). The van der Waals surface area contributed by atoms with Gasteiger partial charge in [-0.15, -0.1) is 0 Å². The highest BCUT2D eigenvalue weighted by molar-refractivity contribution is 5.53. The number of ether oxygens (including phenoxy) is 1. The fraction of sp³-hybridized carbons (Fsp3) is 0.786. The third-order valence-corrected chi connectivity index (χ3v) is 7.36. The first kappa shape index (κ1) is 25.1. The van der Waals surface area contributed by atoms with Crippen molar-refractivity contribution < 1.29 is 9.84 Å². The minimum Gasteiger partial charge on any atom is -0.507 e. The summed E-state index contributed by atoms with van der Waals surface area (Å²) in [7, 11) is 0. The largest absolute Gasteiger partial charge is 0.507 e. The molecule has 0 radical (unpaired) electrons. The lowest BCUT2D eigenvalue weighted by atomic mass is 9.85. The van der Waals surface area contributed by atoms with Gasteiger partial charge in [0.2, 0.25) is 0 Å². The van der Waals surface area contributed by atoms with E-state index in [9.17, 15) is 5.11 Å². The molecule has 1 heterocycles. The van der Waals surface area contributed by atoms with Gasteiger partial charge in [-0.05, 0) is 81.4 Å². The summed E-state index contributed by atoms with van der Waals surface area (Å²) < 4.78 is 6.47. The minimum absolute atomic E-state index is 0.0620. The average molecular weight is 417 g/mol. The molecule has 0 spiro atoms. The molecule has 0 unspecified atom stereocenters. The highest BCUT2D eigenvalue weighted by Crippen LogP contribution is 2.41. The molecule has 0 aliphatic carbocycles. The van der Waals surface area contributed by atoms with Gasteiger partial charge >= 0.3 is 0 Å². The summed E-state index contributed by atoms with van der Waals surface area (Å²) in [6.45, 7) is 15.8. The molecular formula is C28H48O2. The SMILES string of the molecule is Cc1cc2c(c(C)c1O)CC[C@](C)(CCC[C@H](C)CCC[C@H](C)CCCC(C)C)O2. The zero-order valence-corrected chi connectivity index (χ0v) is 20.9. The third-order valence-electron chi connectivity index (χ3n) is 7.36. The number of hydrogen-bond donors (Lipinski definition) is 1. The van der Waals surface area contributed by atoms with E-state index in [1.807, 2.05) is 19.9 Å². The zero-order chi connectivity index (χ0) is 22.3. The molecule has 30 heavy (non-hydrogen) atoms. The van der Waals surface area contributed by atoms with Gasteiger partial charge < -0.3 is 9.84 Å². The standard InChI is InChI=1S/C28H48O2/c1-20(2)11-8-12-21(3)13-9-14-22(4)15-10-17-28(7)18-16-25-24(6)27(29)23(5)19-26(25)30-28/h19-22,29H,8-18H2,1-7H3/t21-,22-,28+/m1/s1. The Morgan fingerprint density at radius 1 is 0.933 bits per heavy atom. The molecule has 1 aromatic rings. The van der Waals surface area contributed by atoms with Crippen LogP contribution in [0.1, 0.15) is 116 Å². The second-order valence-electron chi connectivity index (χ2n) is 11.1. The summed E-state index contributed by atoms with van der Waals surface area (Å²) in [5.41, 5.74) is 3.06. The summed E-state index contributed by atoms with van der Waals surface area (Å²) in [4.78, 5) is 0. The van der Waals surface area contributed by atoms with Crippen molar-refractivity contribution in [3.05, 3.63) is 22.8 Å². The van der Waals surface area contributed by atoms with E-state index in [-0.39, 0.29) is 5.60 Å². The molecule has 0 aromatic heterocycles. The molecule has 0 fully saturated rings. The van der Waals surface area contributed by atoms with Crippen LogP contribution in [0.15, 0.2) is 6.07 Å². The lowest BCUT2D eigenvalue weighted by Gasteiger charge is -2.37. The van der Waals surface area contributed by atoms with Gasteiger partial charge in [0.05, 0.1) is 0 Å². The van der Waals surface area contributed by atoms with E-state index in [0.717, 1.165) is 53.9 Å². The second-order valence-corrected chi connectivity index (χ2v) is 11.1. The van der Waals surface area contributed by atoms with Crippen LogP contribution in [0.5, 0.6) is 11.5 Å². The summed E-state index contributed by atoms with van der Waals surface area (Å²) in [5.74, 6) is 3.98. The lowest BCUT2D eigenvalue weighted by molar-refractivity contribution is 0.0520. The second kappa shape index (κ2) is 11.4. The van der Waals surface area contributed by atoms with Crippen LogP contribution < -0.4 is 4.74 Å². The van der Waals surface area contributed by atoms with Gasteiger partial charge in [0.15, 0.2) is 0 Å². The predicted octanol–water partition coefficient (Wildman–Crippen LogP) is 8.53. The van der Waals surface area contributed by atoms with E-state index in [2.05, 4.69) is 34.6 Å². The van der Waals surface area contributed by atoms with Gasteiger partial charge in [-0.1, -0.05) is 72.6 Å².